The number of aliphatic hydroxyl groups excluding tert-OH is 1. The lowest BCUT2D eigenvalue weighted by Crippen LogP contribution is -2.39. The fourth-order valence-corrected chi connectivity index (χ4v) is 3.55. The van der Waals surface area contributed by atoms with Crippen LogP contribution in [0.4, 0.5) is 0 Å². The van der Waals surface area contributed by atoms with Crippen LogP contribution in [0.2, 0.25) is 0 Å². The minimum absolute atomic E-state index is 0.346. The quantitative estimate of drug-likeness (QED) is 0.765. The molecule has 106 valence electrons. The topological polar surface area (TPSA) is 41.5 Å². The van der Waals surface area contributed by atoms with Gasteiger partial charge < -0.3 is 15.2 Å². The molecular formula is C15H29NO2. The van der Waals surface area contributed by atoms with Crippen molar-refractivity contribution in [2.45, 2.75) is 51.4 Å². The third-order valence-corrected chi connectivity index (χ3v) is 4.83. The van der Waals surface area contributed by atoms with E-state index in [0.717, 1.165) is 38.6 Å². The minimum atomic E-state index is 0.346. The van der Waals surface area contributed by atoms with E-state index in [4.69, 9.17) is 4.74 Å². The second-order valence-electron chi connectivity index (χ2n) is 6.22. The first-order valence-electron chi connectivity index (χ1n) is 7.74. The van der Waals surface area contributed by atoms with Gasteiger partial charge in [0.15, 0.2) is 0 Å². The van der Waals surface area contributed by atoms with Crippen LogP contribution in [-0.4, -0.2) is 38.0 Å². The Hall–Kier alpha value is -0.120. The molecule has 0 radical (unpaired) electrons. The third kappa shape index (κ3) is 4.22. The summed E-state index contributed by atoms with van der Waals surface area (Å²) >= 11 is 0. The normalized spacial score (nSPS) is 25.2. The maximum Gasteiger partial charge on any atom is 0.0469 e. The zero-order chi connectivity index (χ0) is 12.7. The van der Waals surface area contributed by atoms with Crippen molar-refractivity contribution in [3.05, 3.63) is 0 Å². The summed E-state index contributed by atoms with van der Waals surface area (Å²) in [6, 6.07) is 0. The van der Waals surface area contributed by atoms with Gasteiger partial charge in [0.2, 0.25) is 0 Å². The molecule has 2 N–H and O–H groups in total. The van der Waals surface area contributed by atoms with E-state index < -0.39 is 0 Å². The van der Waals surface area contributed by atoms with Gasteiger partial charge in [-0.3, -0.25) is 0 Å². The largest absolute Gasteiger partial charge is 0.396 e. The van der Waals surface area contributed by atoms with Gasteiger partial charge in [-0.15, -0.1) is 0 Å². The van der Waals surface area contributed by atoms with Crippen molar-refractivity contribution in [1.82, 2.24) is 5.32 Å². The first kappa shape index (κ1) is 14.3. The molecule has 3 nitrogen and oxygen atoms in total. The number of hydrogen-bond donors (Lipinski definition) is 2. The lowest BCUT2D eigenvalue weighted by Gasteiger charge is -2.38. The molecule has 2 rings (SSSR count). The van der Waals surface area contributed by atoms with Crippen LogP contribution >= 0.6 is 0 Å². The molecule has 3 heteroatoms. The molecule has 2 fully saturated rings. The Bertz CT molecular complexity index is 215. The van der Waals surface area contributed by atoms with Crippen molar-refractivity contribution in [1.29, 1.82) is 0 Å². The summed E-state index contributed by atoms with van der Waals surface area (Å²) in [5, 5.41) is 13.0. The van der Waals surface area contributed by atoms with Crippen LogP contribution in [-0.2, 0) is 4.74 Å². The highest BCUT2D eigenvalue weighted by atomic mass is 16.5. The average Bonchev–Trinajstić information content (AvgIpc) is 2.41. The summed E-state index contributed by atoms with van der Waals surface area (Å²) in [6.07, 6.45) is 10.1. The van der Waals surface area contributed by atoms with Gasteiger partial charge in [-0.25, -0.2) is 0 Å². The summed E-state index contributed by atoms with van der Waals surface area (Å²) in [7, 11) is 0. The van der Waals surface area contributed by atoms with E-state index in [2.05, 4.69) is 5.32 Å². The number of rotatable bonds is 6. The van der Waals surface area contributed by atoms with Crippen LogP contribution in [0.3, 0.4) is 0 Å². The summed E-state index contributed by atoms with van der Waals surface area (Å²) in [6.45, 7) is 4.46. The molecule has 0 atom stereocenters. The van der Waals surface area contributed by atoms with Gasteiger partial charge in [0.1, 0.15) is 0 Å². The predicted octanol–water partition coefficient (Wildman–Crippen LogP) is 2.34. The number of nitrogens with one attached hydrogen (secondary N) is 1. The second-order valence-corrected chi connectivity index (χ2v) is 6.22. The van der Waals surface area contributed by atoms with Gasteiger partial charge in [0.05, 0.1) is 0 Å². The molecule has 1 aliphatic carbocycles. The van der Waals surface area contributed by atoms with Gasteiger partial charge in [-0.05, 0) is 50.0 Å². The summed E-state index contributed by atoms with van der Waals surface area (Å²) in [5.41, 5.74) is 0.387. The summed E-state index contributed by atoms with van der Waals surface area (Å²) in [4.78, 5) is 0. The molecule has 0 aromatic rings. The molecule has 2 aliphatic rings. The van der Waals surface area contributed by atoms with Crippen molar-refractivity contribution < 1.29 is 9.84 Å². The van der Waals surface area contributed by atoms with E-state index in [9.17, 15) is 5.11 Å². The van der Waals surface area contributed by atoms with Gasteiger partial charge in [0.25, 0.3) is 0 Å². The van der Waals surface area contributed by atoms with Crippen molar-refractivity contribution in [2.75, 3.05) is 32.9 Å². The lowest BCUT2D eigenvalue weighted by atomic mass is 9.72. The summed E-state index contributed by atoms with van der Waals surface area (Å²) < 4.78 is 5.39. The van der Waals surface area contributed by atoms with Gasteiger partial charge >= 0.3 is 0 Å². The van der Waals surface area contributed by atoms with Crippen LogP contribution in [0.1, 0.15) is 51.4 Å². The van der Waals surface area contributed by atoms with E-state index in [1.165, 1.54) is 44.9 Å². The Morgan fingerprint density at radius 3 is 2.50 bits per heavy atom. The number of hydrogen-bond acceptors (Lipinski definition) is 3. The van der Waals surface area contributed by atoms with Crippen molar-refractivity contribution >= 4 is 0 Å². The van der Waals surface area contributed by atoms with Crippen molar-refractivity contribution in [3.8, 4) is 0 Å². The Morgan fingerprint density at radius 2 is 1.83 bits per heavy atom. The zero-order valence-corrected chi connectivity index (χ0v) is 11.6. The van der Waals surface area contributed by atoms with Crippen LogP contribution in [0.15, 0.2) is 0 Å². The molecule has 1 aliphatic heterocycles. The van der Waals surface area contributed by atoms with Crippen LogP contribution in [0.25, 0.3) is 0 Å². The Morgan fingerprint density at radius 1 is 1.11 bits per heavy atom. The Labute approximate surface area is 111 Å². The zero-order valence-electron chi connectivity index (χ0n) is 11.6. The van der Waals surface area contributed by atoms with E-state index >= 15 is 0 Å². The third-order valence-electron chi connectivity index (χ3n) is 4.83. The van der Waals surface area contributed by atoms with Crippen LogP contribution in [0.5, 0.6) is 0 Å². The van der Waals surface area contributed by atoms with E-state index in [0.29, 0.717) is 12.0 Å². The minimum Gasteiger partial charge on any atom is -0.396 e. The fraction of sp³-hybridized carbons (Fsp3) is 1.00. The fourth-order valence-electron chi connectivity index (χ4n) is 3.55. The molecule has 18 heavy (non-hydrogen) atoms. The van der Waals surface area contributed by atoms with Crippen LogP contribution in [0, 0.1) is 11.3 Å². The summed E-state index contributed by atoms with van der Waals surface area (Å²) in [5.74, 6) is 0.800. The van der Waals surface area contributed by atoms with Gasteiger partial charge in [0, 0.05) is 26.4 Å². The predicted molar refractivity (Wildman–Crippen MR) is 73.6 cm³/mol. The van der Waals surface area contributed by atoms with Gasteiger partial charge in [-0.2, -0.15) is 0 Å². The highest BCUT2D eigenvalue weighted by Crippen LogP contribution is 2.38. The molecule has 0 aromatic carbocycles. The molecule has 0 unspecified atom stereocenters. The maximum absolute atomic E-state index is 9.29. The molecule has 0 amide bonds. The highest BCUT2D eigenvalue weighted by molar-refractivity contribution is 4.85. The lowest BCUT2D eigenvalue weighted by molar-refractivity contribution is 0.0633. The Kier molecular flexibility index (Phi) is 5.93. The number of aliphatic hydroxyl groups is 1. The average molecular weight is 255 g/mol. The van der Waals surface area contributed by atoms with Crippen molar-refractivity contribution in [3.63, 3.8) is 0 Å². The number of ether oxygens (including phenoxy) is 1. The van der Waals surface area contributed by atoms with E-state index in [-0.39, 0.29) is 0 Å². The van der Waals surface area contributed by atoms with E-state index in [1.807, 2.05) is 0 Å². The standard InChI is InChI=1S/C15H29NO2/c17-9-8-15(6-2-1-3-7-15)13-16-12-14-4-10-18-11-5-14/h14,16-17H,1-13H2. The highest BCUT2D eigenvalue weighted by Gasteiger charge is 2.31. The molecule has 1 heterocycles. The monoisotopic (exact) mass is 255 g/mol. The smallest absolute Gasteiger partial charge is 0.0469 e. The Balaban J connectivity index is 1.71. The molecule has 0 aromatic heterocycles. The maximum atomic E-state index is 9.29. The molecule has 0 spiro atoms. The van der Waals surface area contributed by atoms with E-state index in [1.54, 1.807) is 0 Å². The molecule has 1 saturated carbocycles. The van der Waals surface area contributed by atoms with Gasteiger partial charge in [-0.1, -0.05) is 19.3 Å². The molecule has 0 bridgehead atoms. The second kappa shape index (κ2) is 7.46. The SMILES string of the molecule is OCCC1(CNCC2CCOCC2)CCCCC1. The van der Waals surface area contributed by atoms with Crippen molar-refractivity contribution in [2.24, 2.45) is 11.3 Å². The first-order chi connectivity index (χ1) is 8.85. The van der Waals surface area contributed by atoms with Crippen LogP contribution < -0.4 is 5.32 Å². The molecule has 1 saturated heterocycles. The molecular weight excluding hydrogens is 226 g/mol. The first-order valence-corrected chi connectivity index (χ1v) is 7.74.